The van der Waals surface area contributed by atoms with Crippen LogP contribution in [0.2, 0.25) is 0 Å². The van der Waals surface area contributed by atoms with Crippen molar-refractivity contribution in [3.8, 4) is 0 Å². The SMILES string of the molecule is C=CCNC(=S)N1CCOC1c1ccc([N+](=O)[O-])s1. The summed E-state index contributed by atoms with van der Waals surface area (Å²) in [6, 6.07) is 3.20. The molecule has 0 aliphatic carbocycles. The molecule has 1 aromatic heterocycles. The molecule has 1 fully saturated rings. The molecule has 19 heavy (non-hydrogen) atoms. The summed E-state index contributed by atoms with van der Waals surface area (Å²) in [6.45, 7) is 5.40. The van der Waals surface area contributed by atoms with Crippen LogP contribution in [0.1, 0.15) is 11.1 Å². The average Bonchev–Trinajstić information content (AvgIpc) is 3.02. The molecule has 1 aromatic rings. The van der Waals surface area contributed by atoms with Gasteiger partial charge in [0.25, 0.3) is 0 Å². The van der Waals surface area contributed by atoms with Gasteiger partial charge in [-0.25, -0.2) is 0 Å². The van der Waals surface area contributed by atoms with Crippen molar-refractivity contribution in [3.63, 3.8) is 0 Å². The Hall–Kier alpha value is -1.51. The largest absolute Gasteiger partial charge is 0.359 e. The third-order valence-corrected chi connectivity index (χ3v) is 4.03. The lowest BCUT2D eigenvalue weighted by molar-refractivity contribution is -0.380. The molecular formula is C11H13N3O3S2. The Morgan fingerprint density at radius 2 is 2.58 bits per heavy atom. The highest BCUT2D eigenvalue weighted by Gasteiger charge is 2.31. The number of nitro groups is 1. The fraction of sp³-hybridized carbons (Fsp3) is 0.364. The van der Waals surface area contributed by atoms with Crippen LogP contribution < -0.4 is 5.32 Å². The van der Waals surface area contributed by atoms with Crippen LogP contribution in [0.5, 0.6) is 0 Å². The first kappa shape index (κ1) is 13.9. The average molecular weight is 299 g/mol. The molecule has 0 amide bonds. The number of nitrogens with one attached hydrogen (secondary N) is 1. The van der Waals surface area contributed by atoms with Crippen molar-refractivity contribution in [2.75, 3.05) is 19.7 Å². The smallest absolute Gasteiger partial charge is 0.324 e. The highest BCUT2D eigenvalue weighted by molar-refractivity contribution is 7.80. The van der Waals surface area contributed by atoms with Gasteiger partial charge in [0.15, 0.2) is 11.3 Å². The van der Waals surface area contributed by atoms with E-state index in [4.69, 9.17) is 17.0 Å². The first-order valence-corrected chi connectivity index (χ1v) is 6.87. The zero-order valence-corrected chi connectivity index (χ0v) is 11.7. The van der Waals surface area contributed by atoms with Gasteiger partial charge in [-0.3, -0.25) is 10.1 Å². The molecule has 0 aromatic carbocycles. The predicted octanol–water partition coefficient (Wildman–Crippen LogP) is 2.05. The number of thiophene rings is 1. The van der Waals surface area contributed by atoms with E-state index < -0.39 is 4.92 Å². The van der Waals surface area contributed by atoms with Gasteiger partial charge in [-0.2, -0.15) is 0 Å². The van der Waals surface area contributed by atoms with Gasteiger partial charge in [-0.1, -0.05) is 17.4 Å². The molecule has 0 spiro atoms. The topological polar surface area (TPSA) is 67.6 Å². The second-order valence-corrected chi connectivity index (χ2v) is 5.30. The second kappa shape index (κ2) is 6.09. The summed E-state index contributed by atoms with van der Waals surface area (Å²) in [6.07, 6.45) is 1.37. The summed E-state index contributed by atoms with van der Waals surface area (Å²) in [7, 11) is 0. The van der Waals surface area contributed by atoms with Crippen LogP contribution in [0.4, 0.5) is 5.00 Å². The van der Waals surface area contributed by atoms with Gasteiger partial charge in [-0.05, 0) is 18.3 Å². The third-order valence-electron chi connectivity index (χ3n) is 2.59. The summed E-state index contributed by atoms with van der Waals surface area (Å²) in [5, 5.41) is 14.4. The van der Waals surface area contributed by atoms with Crippen molar-refractivity contribution in [2.24, 2.45) is 0 Å². The van der Waals surface area contributed by atoms with E-state index in [0.29, 0.717) is 24.8 Å². The van der Waals surface area contributed by atoms with Crippen LogP contribution >= 0.6 is 23.6 Å². The Morgan fingerprint density at radius 3 is 3.21 bits per heavy atom. The molecule has 102 valence electrons. The summed E-state index contributed by atoms with van der Waals surface area (Å²) in [4.78, 5) is 13.0. The van der Waals surface area contributed by atoms with Crippen LogP contribution in [-0.2, 0) is 4.74 Å². The lowest BCUT2D eigenvalue weighted by atomic mass is 10.4. The van der Waals surface area contributed by atoms with E-state index in [2.05, 4.69) is 11.9 Å². The Morgan fingerprint density at radius 1 is 1.79 bits per heavy atom. The number of rotatable bonds is 4. The standard InChI is InChI=1S/C11H13N3O3S2/c1-2-5-12-11(18)13-6-7-17-10(13)8-3-4-9(19-8)14(15)16/h2-4,10H,1,5-7H2,(H,12,18). The molecule has 2 rings (SSSR count). The molecular weight excluding hydrogens is 286 g/mol. The van der Waals surface area contributed by atoms with E-state index in [9.17, 15) is 10.1 Å². The minimum Gasteiger partial charge on any atom is -0.359 e. The maximum Gasteiger partial charge on any atom is 0.324 e. The molecule has 0 radical (unpaired) electrons. The predicted molar refractivity (Wildman–Crippen MR) is 77.2 cm³/mol. The Bertz CT molecular complexity index is 503. The van der Waals surface area contributed by atoms with Crippen LogP contribution in [-0.4, -0.2) is 34.6 Å². The first-order valence-electron chi connectivity index (χ1n) is 5.64. The number of nitrogens with zero attached hydrogens (tertiary/aromatic N) is 2. The minimum absolute atomic E-state index is 0.107. The summed E-state index contributed by atoms with van der Waals surface area (Å²) < 4.78 is 5.61. The molecule has 1 aliphatic heterocycles. The van der Waals surface area contributed by atoms with E-state index in [1.54, 1.807) is 12.1 Å². The van der Waals surface area contributed by atoms with Crippen LogP contribution in [0.25, 0.3) is 0 Å². The van der Waals surface area contributed by atoms with Crippen molar-refractivity contribution in [2.45, 2.75) is 6.23 Å². The second-order valence-electron chi connectivity index (χ2n) is 3.82. The van der Waals surface area contributed by atoms with Crippen molar-refractivity contribution in [1.82, 2.24) is 10.2 Å². The van der Waals surface area contributed by atoms with Gasteiger partial charge in [0.1, 0.15) is 0 Å². The van der Waals surface area contributed by atoms with Gasteiger partial charge < -0.3 is 15.0 Å². The lowest BCUT2D eigenvalue weighted by Gasteiger charge is -2.24. The highest BCUT2D eigenvalue weighted by Crippen LogP contribution is 2.35. The molecule has 2 heterocycles. The molecule has 0 saturated carbocycles. The van der Waals surface area contributed by atoms with E-state index in [1.165, 1.54) is 6.07 Å². The van der Waals surface area contributed by atoms with Gasteiger partial charge in [0, 0.05) is 19.2 Å². The highest BCUT2D eigenvalue weighted by atomic mass is 32.1. The number of thiocarbonyl (C=S) groups is 1. The van der Waals surface area contributed by atoms with Crippen molar-refractivity contribution < 1.29 is 9.66 Å². The van der Waals surface area contributed by atoms with E-state index in [-0.39, 0.29) is 11.2 Å². The molecule has 6 nitrogen and oxygen atoms in total. The first-order chi connectivity index (χ1) is 9.13. The number of ether oxygens (including phenoxy) is 1. The molecule has 1 atom stereocenters. The Labute approximate surface area is 119 Å². The van der Waals surface area contributed by atoms with Crippen LogP contribution in [0, 0.1) is 10.1 Å². The van der Waals surface area contributed by atoms with Gasteiger partial charge >= 0.3 is 5.00 Å². The molecule has 1 unspecified atom stereocenters. The summed E-state index contributed by atoms with van der Waals surface area (Å²) >= 11 is 6.38. The van der Waals surface area contributed by atoms with Crippen molar-refractivity contribution in [1.29, 1.82) is 0 Å². The lowest BCUT2D eigenvalue weighted by Crippen LogP contribution is -2.39. The van der Waals surface area contributed by atoms with E-state index in [0.717, 1.165) is 16.2 Å². The maximum absolute atomic E-state index is 10.7. The minimum atomic E-state index is -0.401. The molecule has 0 bridgehead atoms. The zero-order chi connectivity index (χ0) is 13.8. The molecule has 1 aliphatic rings. The van der Waals surface area contributed by atoms with Crippen LogP contribution in [0.3, 0.4) is 0 Å². The third kappa shape index (κ3) is 3.09. The number of hydrogen-bond acceptors (Lipinski definition) is 5. The Kier molecular flexibility index (Phi) is 4.46. The van der Waals surface area contributed by atoms with Crippen LogP contribution in [0.15, 0.2) is 24.8 Å². The number of hydrogen-bond donors (Lipinski definition) is 1. The van der Waals surface area contributed by atoms with Gasteiger partial charge in [0.2, 0.25) is 0 Å². The van der Waals surface area contributed by atoms with Gasteiger partial charge in [-0.15, -0.1) is 6.58 Å². The normalized spacial score (nSPS) is 18.3. The fourth-order valence-electron chi connectivity index (χ4n) is 1.75. The van der Waals surface area contributed by atoms with E-state index in [1.807, 2.05) is 4.90 Å². The molecule has 1 saturated heterocycles. The van der Waals surface area contributed by atoms with E-state index >= 15 is 0 Å². The summed E-state index contributed by atoms with van der Waals surface area (Å²) in [5.74, 6) is 0. The quantitative estimate of drug-likeness (QED) is 0.397. The monoisotopic (exact) mass is 299 g/mol. The Balaban J connectivity index is 2.11. The van der Waals surface area contributed by atoms with Crippen molar-refractivity contribution in [3.05, 3.63) is 39.8 Å². The zero-order valence-electron chi connectivity index (χ0n) is 10.1. The van der Waals surface area contributed by atoms with Crippen molar-refractivity contribution >= 4 is 33.7 Å². The molecule has 8 heteroatoms. The fourth-order valence-corrected chi connectivity index (χ4v) is 2.90. The maximum atomic E-state index is 10.7. The molecule has 1 N–H and O–H groups in total. The summed E-state index contributed by atoms with van der Waals surface area (Å²) in [5.41, 5.74) is 0. The van der Waals surface area contributed by atoms with Gasteiger partial charge in [0.05, 0.1) is 16.4 Å².